The molecule has 1 aromatic carbocycles. The van der Waals surface area contributed by atoms with Crippen molar-refractivity contribution in [3.63, 3.8) is 0 Å². The zero-order chi connectivity index (χ0) is 13.9. The highest BCUT2D eigenvalue weighted by atomic mass is 19.1. The summed E-state index contributed by atoms with van der Waals surface area (Å²) in [6.07, 6.45) is 2.40. The molecule has 7 heteroatoms. The number of hydrogen-bond acceptors (Lipinski definition) is 5. The third kappa shape index (κ3) is 2.51. The number of aromatic nitrogens is 4. The van der Waals surface area contributed by atoms with Crippen LogP contribution in [-0.4, -0.2) is 26.7 Å². The number of nitrogen functional groups attached to an aromatic ring is 1. The lowest BCUT2D eigenvalue weighted by atomic mass is 10.1. The summed E-state index contributed by atoms with van der Waals surface area (Å²) in [6.45, 7) is 0.655. The Morgan fingerprint density at radius 1 is 1.20 bits per heavy atom. The van der Waals surface area contributed by atoms with Crippen molar-refractivity contribution in [2.24, 2.45) is 0 Å². The number of benzene rings is 1. The topological polar surface area (TPSA) is 92.5 Å². The Morgan fingerprint density at radius 2 is 2.00 bits per heavy atom. The van der Waals surface area contributed by atoms with Gasteiger partial charge in [0.15, 0.2) is 5.65 Å². The molecule has 0 amide bonds. The van der Waals surface area contributed by atoms with Crippen LogP contribution in [0, 0.1) is 5.82 Å². The molecule has 3 aromatic rings. The van der Waals surface area contributed by atoms with Crippen LogP contribution in [0.4, 0.5) is 16.2 Å². The lowest BCUT2D eigenvalue weighted by Crippen LogP contribution is -2.08. The predicted octanol–water partition coefficient (Wildman–Crippen LogP) is 1.73. The molecule has 0 bridgehead atoms. The number of fused-ring (bicyclic) bond motifs is 1. The number of aromatic amines is 1. The number of halogens is 1. The normalized spacial score (nSPS) is 10.8. The van der Waals surface area contributed by atoms with Crippen molar-refractivity contribution in [2.45, 2.75) is 6.42 Å². The van der Waals surface area contributed by atoms with E-state index in [1.807, 2.05) is 0 Å². The number of anilines is 2. The highest BCUT2D eigenvalue weighted by Crippen LogP contribution is 2.18. The van der Waals surface area contributed by atoms with Gasteiger partial charge in [0.05, 0.1) is 11.6 Å². The molecule has 0 saturated heterocycles. The largest absolute Gasteiger partial charge is 0.369 e. The van der Waals surface area contributed by atoms with Crippen molar-refractivity contribution in [1.82, 2.24) is 20.2 Å². The molecule has 0 aliphatic rings. The molecule has 20 heavy (non-hydrogen) atoms. The molecule has 0 atom stereocenters. The molecule has 0 saturated carbocycles. The van der Waals surface area contributed by atoms with Crippen LogP contribution in [0.15, 0.2) is 30.5 Å². The first kappa shape index (κ1) is 12.3. The van der Waals surface area contributed by atoms with Gasteiger partial charge < -0.3 is 11.1 Å². The summed E-state index contributed by atoms with van der Waals surface area (Å²) in [7, 11) is 0. The van der Waals surface area contributed by atoms with Crippen LogP contribution in [0.5, 0.6) is 0 Å². The van der Waals surface area contributed by atoms with Gasteiger partial charge in [0.1, 0.15) is 11.6 Å². The first-order valence-corrected chi connectivity index (χ1v) is 6.17. The van der Waals surface area contributed by atoms with Crippen LogP contribution in [-0.2, 0) is 6.42 Å². The van der Waals surface area contributed by atoms with Crippen LogP contribution in [0.1, 0.15) is 5.56 Å². The van der Waals surface area contributed by atoms with Crippen molar-refractivity contribution in [3.8, 4) is 0 Å². The maximum absolute atomic E-state index is 12.8. The molecule has 3 rings (SSSR count). The van der Waals surface area contributed by atoms with E-state index >= 15 is 0 Å². The Labute approximate surface area is 114 Å². The first-order valence-electron chi connectivity index (χ1n) is 6.17. The Bertz CT molecular complexity index is 721. The lowest BCUT2D eigenvalue weighted by molar-refractivity contribution is 0.627. The van der Waals surface area contributed by atoms with Crippen molar-refractivity contribution >= 4 is 22.8 Å². The fourth-order valence-corrected chi connectivity index (χ4v) is 1.96. The number of nitrogens with two attached hydrogens (primary N) is 1. The van der Waals surface area contributed by atoms with Gasteiger partial charge in [-0.1, -0.05) is 12.1 Å². The van der Waals surface area contributed by atoms with Gasteiger partial charge in [0, 0.05) is 6.54 Å². The second kappa shape index (κ2) is 5.12. The van der Waals surface area contributed by atoms with E-state index < -0.39 is 0 Å². The quantitative estimate of drug-likeness (QED) is 0.672. The monoisotopic (exact) mass is 272 g/mol. The van der Waals surface area contributed by atoms with Crippen molar-refractivity contribution < 1.29 is 4.39 Å². The fraction of sp³-hybridized carbons (Fsp3) is 0.154. The summed E-state index contributed by atoms with van der Waals surface area (Å²) >= 11 is 0. The third-order valence-electron chi connectivity index (χ3n) is 2.95. The van der Waals surface area contributed by atoms with Gasteiger partial charge >= 0.3 is 0 Å². The predicted molar refractivity (Wildman–Crippen MR) is 74.7 cm³/mol. The molecule has 0 aliphatic heterocycles. The van der Waals surface area contributed by atoms with Crippen molar-refractivity contribution in [1.29, 1.82) is 0 Å². The molecule has 2 aromatic heterocycles. The summed E-state index contributed by atoms with van der Waals surface area (Å²) < 4.78 is 12.8. The van der Waals surface area contributed by atoms with Gasteiger partial charge in [0.25, 0.3) is 0 Å². The maximum atomic E-state index is 12.8. The minimum Gasteiger partial charge on any atom is -0.369 e. The van der Waals surface area contributed by atoms with Gasteiger partial charge in [-0.25, -0.2) is 4.39 Å². The molecular weight excluding hydrogens is 259 g/mol. The van der Waals surface area contributed by atoms with Gasteiger partial charge in [-0.2, -0.15) is 15.1 Å². The first-order chi connectivity index (χ1) is 9.72. The zero-order valence-electron chi connectivity index (χ0n) is 10.6. The molecular formula is C13H13FN6. The smallest absolute Gasteiger partial charge is 0.224 e. The molecule has 102 valence electrons. The summed E-state index contributed by atoms with van der Waals surface area (Å²) in [6, 6.07) is 6.43. The Hall–Kier alpha value is -2.70. The Balaban J connectivity index is 1.70. The highest BCUT2D eigenvalue weighted by molar-refractivity contribution is 5.86. The third-order valence-corrected chi connectivity index (χ3v) is 2.95. The molecule has 0 aliphatic carbocycles. The van der Waals surface area contributed by atoms with Gasteiger partial charge in [0.2, 0.25) is 5.95 Å². The van der Waals surface area contributed by atoms with Gasteiger partial charge in [-0.15, -0.1) is 0 Å². The minimum atomic E-state index is -0.231. The molecule has 0 radical (unpaired) electrons. The molecule has 0 spiro atoms. The second-order valence-electron chi connectivity index (χ2n) is 4.37. The van der Waals surface area contributed by atoms with Crippen LogP contribution in [0.2, 0.25) is 0 Å². The number of nitrogens with zero attached hydrogens (tertiary/aromatic N) is 3. The van der Waals surface area contributed by atoms with Crippen LogP contribution in [0.3, 0.4) is 0 Å². The van der Waals surface area contributed by atoms with Crippen molar-refractivity contribution in [2.75, 3.05) is 17.6 Å². The van der Waals surface area contributed by atoms with Crippen LogP contribution >= 0.6 is 0 Å². The SMILES string of the molecule is Nc1nc(NCCc2ccc(F)cc2)c2cn[nH]c2n1. The minimum absolute atomic E-state index is 0.186. The average molecular weight is 272 g/mol. The highest BCUT2D eigenvalue weighted by Gasteiger charge is 2.07. The fourth-order valence-electron chi connectivity index (χ4n) is 1.96. The van der Waals surface area contributed by atoms with Crippen LogP contribution < -0.4 is 11.1 Å². The number of hydrogen-bond donors (Lipinski definition) is 3. The van der Waals surface area contributed by atoms with Gasteiger partial charge in [-0.05, 0) is 24.1 Å². The molecule has 2 heterocycles. The average Bonchev–Trinajstić information content (AvgIpc) is 2.89. The summed E-state index contributed by atoms with van der Waals surface area (Å²) in [5.74, 6) is 0.597. The maximum Gasteiger partial charge on any atom is 0.224 e. The standard InChI is InChI=1S/C13H13FN6/c14-9-3-1-8(2-4-9)5-6-16-11-10-7-17-20-12(10)19-13(15)18-11/h1-4,7H,5-6H2,(H4,15,16,17,18,19,20). The van der Waals surface area contributed by atoms with E-state index in [0.717, 1.165) is 17.4 Å². The summed E-state index contributed by atoms with van der Waals surface area (Å²) in [5.41, 5.74) is 7.28. The Kier molecular flexibility index (Phi) is 3.16. The lowest BCUT2D eigenvalue weighted by Gasteiger charge is -2.07. The van der Waals surface area contributed by atoms with E-state index in [2.05, 4.69) is 25.5 Å². The van der Waals surface area contributed by atoms with E-state index in [-0.39, 0.29) is 11.8 Å². The molecule has 0 unspecified atom stereocenters. The summed E-state index contributed by atoms with van der Waals surface area (Å²) in [4.78, 5) is 8.19. The molecule has 4 N–H and O–H groups in total. The second-order valence-corrected chi connectivity index (χ2v) is 4.37. The molecule has 6 nitrogen and oxygen atoms in total. The zero-order valence-corrected chi connectivity index (χ0v) is 10.6. The van der Waals surface area contributed by atoms with Gasteiger partial charge in [-0.3, -0.25) is 5.10 Å². The van der Waals surface area contributed by atoms with E-state index in [0.29, 0.717) is 18.0 Å². The van der Waals surface area contributed by atoms with E-state index in [1.165, 1.54) is 12.1 Å². The van der Waals surface area contributed by atoms with Crippen molar-refractivity contribution in [3.05, 3.63) is 41.8 Å². The molecule has 0 fully saturated rings. The van der Waals surface area contributed by atoms with Crippen LogP contribution in [0.25, 0.3) is 11.0 Å². The van der Waals surface area contributed by atoms with E-state index in [1.54, 1.807) is 18.3 Å². The van der Waals surface area contributed by atoms with E-state index in [4.69, 9.17) is 5.73 Å². The number of rotatable bonds is 4. The number of nitrogens with one attached hydrogen (secondary N) is 2. The summed E-state index contributed by atoms with van der Waals surface area (Å²) in [5, 5.41) is 10.6. The Morgan fingerprint density at radius 3 is 2.80 bits per heavy atom. The number of H-pyrrole nitrogens is 1. The van der Waals surface area contributed by atoms with E-state index in [9.17, 15) is 4.39 Å².